The van der Waals surface area contributed by atoms with E-state index < -0.39 is 5.25 Å². The molecule has 0 radical (unpaired) electrons. The number of benzene rings is 3. The third kappa shape index (κ3) is 4.69. The van der Waals surface area contributed by atoms with Gasteiger partial charge in [-0.15, -0.1) is 5.10 Å². The van der Waals surface area contributed by atoms with Gasteiger partial charge in [0, 0.05) is 10.7 Å². The Kier molecular flexibility index (Phi) is 6.11. The second-order valence-electron chi connectivity index (χ2n) is 6.61. The molecule has 6 nitrogen and oxygen atoms in total. The highest BCUT2D eigenvalue weighted by molar-refractivity contribution is 8.00. The maximum absolute atomic E-state index is 13.2. The normalized spacial score (nSPS) is 11.8. The molecule has 150 valence electrons. The van der Waals surface area contributed by atoms with Crippen LogP contribution < -0.4 is 5.32 Å². The van der Waals surface area contributed by atoms with Crippen molar-refractivity contribution >= 4 is 35.0 Å². The van der Waals surface area contributed by atoms with Gasteiger partial charge in [-0.05, 0) is 59.3 Å². The van der Waals surface area contributed by atoms with Gasteiger partial charge in [0.25, 0.3) is 0 Å². The molecule has 1 atom stereocenters. The third-order valence-corrected chi connectivity index (χ3v) is 5.83. The van der Waals surface area contributed by atoms with E-state index in [9.17, 15) is 4.79 Å². The lowest BCUT2D eigenvalue weighted by atomic mass is 10.1. The molecule has 1 heterocycles. The molecule has 0 aliphatic rings. The second kappa shape index (κ2) is 9.11. The van der Waals surface area contributed by atoms with Crippen LogP contribution in [0.1, 0.15) is 16.4 Å². The van der Waals surface area contributed by atoms with Gasteiger partial charge in [0.2, 0.25) is 11.1 Å². The van der Waals surface area contributed by atoms with Gasteiger partial charge < -0.3 is 5.32 Å². The van der Waals surface area contributed by atoms with E-state index in [1.165, 1.54) is 11.8 Å². The molecule has 0 aliphatic heterocycles. The Balaban J connectivity index is 1.63. The second-order valence-corrected chi connectivity index (χ2v) is 8.12. The molecule has 4 rings (SSSR count). The van der Waals surface area contributed by atoms with Crippen LogP contribution in [0.15, 0.2) is 84.0 Å². The van der Waals surface area contributed by atoms with Gasteiger partial charge in [0.05, 0.1) is 5.69 Å². The molecule has 1 aromatic heterocycles. The minimum absolute atomic E-state index is 0.152. The Morgan fingerprint density at radius 1 is 1.00 bits per heavy atom. The van der Waals surface area contributed by atoms with Crippen LogP contribution in [-0.2, 0) is 4.79 Å². The predicted molar refractivity (Wildman–Crippen MR) is 119 cm³/mol. The molecule has 0 fully saturated rings. The van der Waals surface area contributed by atoms with Gasteiger partial charge in [0.15, 0.2) is 0 Å². The van der Waals surface area contributed by atoms with Crippen molar-refractivity contribution in [2.75, 3.05) is 5.32 Å². The highest BCUT2D eigenvalue weighted by Crippen LogP contribution is 2.35. The summed E-state index contributed by atoms with van der Waals surface area (Å²) in [5, 5.41) is 15.6. The zero-order valence-electron chi connectivity index (χ0n) is 16.1. The van der Waals surface area contributed by atoms with E-state index in [0.717, 1.165) is 22.5 Å². The molecule has 3 aromatic carbocycles. The number of carbonyl (C=O) groups excluding carboxylic acids is 1. The predicted octanol–water partition coefficient (Wildman–Crippen LogP) is 5.10. The van der Waals surface area contributed by atoms with Crippen molar-refractivity contribution in [3.05, 3.63) is 95.0 Å². The van der Waals surface area contributed by atoms with E-state index in [-0.39, 0.29) is 5.91 Å². The van der Waals surface area contributed by atoms with Crippen LogP contribution in [0, 0.1) is 6.92 Å². The molecule has 0 saturated carbocycles. The topological polar surface area (TPSA) is 72.7 Å². The first-order chi connectivity index (χ1) is 14.6. The lowest BCUT2D eigenvalue weighted by molar-refractivity contribution is -0.115. The van der Waals surface area contributed by atoms with Gasteiger partial charge in [-0.3, -0.25) is 4.79 Å². The van der Waals surface area contributed by atoms with E-state index >= 15 is 0 Å². The van der Waals surface area contributed by atoms with Gasteiger partial charge in [-0.25, -0.2) is 0 Å². The Morgan fingerprint density at radius 3 is 2.40 bits per heavy atom. The summed E-state index contributed by atoms with van der Waals surface area (Å²) in [6.45, 7) is 2.00. The van der Waals surface area contributed by atoms with Crippen LogP contribution in [0.4, 0.5) is 5.69 Å². The van der Waals surface area contributed by atoms with Gasteiger partial charge in [-0.2, -0.15) is 4.68 Å². The monoisotopic (exact) mass is 435 g/mol. The Labute approximate surface area is 183 Å². The molecular formula is C22H18ClN5OS. The van der Waals surface area contributed by atoms with Crippen molar-refractivity contribution in [3.8, 4) is 5.69 Å². The number of nitrogens with one attached hydrogen (secondary N) is 1. The van der Waals surface area contributed by atoms with Crippen LogP contribution in [0.5, 0.6) is 0 Å². The number of aryl methyl sites for hydroxylation is 1. The van der Waals surface area contributed by atoms with Crippen molar-refractivity contribution in [2.24, 2.45) is 0 Å². The van der Waals surface area contributed by atoms with Crippen LogP contribution in [0.25, 0.3) is 5.69 Å². The van der Waals surface area contributed by atoms with Crippen molar-refractivity contribution in [1.82, 2.24) is 20.2 Å². The summed E-state index contributed by atoms with van der Waals surface area (Å²) in [5.74, 6) is -0.152. The molecule has 0 aliphatic carbocycles. The first-order valence-electron chi connectivity index (χ1n) is 9.23. The average molecular weight is 436 g/mol. The minimum atomic E-state index is -0.537. The standard InChI is InChI=1S/C22H18ClN5OS/c1-15-7-11-18(12-8-15)24-21(29)20(16-5-3-2-4-6-16)30-22-25-26-27-28(22)19-13-9-17(23)10-14-19/h2-14,20H,1H3,(H,24,29). The zero-order chi connectivity index (χ0) is 20.9. The summed E-state index contributed by atoms with van der Waals surface area (Å²) >= 11 is 7.27. The maximum Gasteiger partial charge on any atom is 0.242 e. The summed E-state index contributed by atoms with van der Waals surface area (Å²) in [5.41, 5.74) is 3.49. The van der Waals surface area contributed by atoms with E-state index in [4.69, 9.17) is 11.6 Å². The number of aromatic nitrogens is 4. The number of thioether (sulfide) groups is 1. The number of hydrogen-bond acceptors (Lipinski definition) is 5. The number of rotatable bonds is 6. The number of amides is 1. The molecule has 1 N–H and O–H groups in total. The molecule has 0 bridgehead atoms. The summed E-state index contributed by atoms with van der Waals surface area (Å²) in [4.78, 5) is 13.2. The van der Waals surface area contributed by atoms with Crippen LogP contribution in [-0.4, -0.2) is 26.1 Å². The van der Waals surface area contributed by atoms with Crippen molar-refractivity contribution in [2.45, 2.75) is 17.3 Å². The fourth-order valence-corrected chi connectivity index (χ4v) is 3.97. The van der Waals surface area contributed by atoms with Gasteiger partial charge >= 0.3 is 0 Å². The molecule has 1 amide bonds. The smallest absolute Gasteiger partial charge is 0.242 e. The number of carbonyl (C=O) groups is 1. The van der Waals surface area contributed by atoms with Gasteiger partial charge in [0.1, 0.15) is 5.25 Å². The SMILES string of the molecule is Cc1ccc(NC(=O)C(Sc2nnnn2-c2ccc(Cl)cc2)c2ccccc2)cc1. The summed E-state index contributed by atoms with van der Waals surface area (Å²) < 4.78 is 1.59. The number of anilines is 1. The largest absolute Gasteiger partial charge is 0.325 e. The van der Waals surface area contributed by atoms with E-state index in [0.29, 0.717) is 10.2 Å². The number of hydrogen-bond donors (Lipinski definition) is 1. The van der Waals surface area contributed by atoms with Crippen LogP contribution in [0.3, 0.4) is 0 Å². The zero-order valence-corrected chi connectivity index (χ0v) is 17.6. The molecule has 30 heavy (non-hydrogen) atoms. The Morgan fingerprint density at radius 2 is 1.70 bits per heavy atom. The first kappa shape index (κ1) is 20.1. The van der Waals surface area contributed by atoms with Crippen molar-refractivity contribution in [3.63, 3.8) is 0 Å². The quantitative estimate of drug-likeness (QED) is 0.427. The minimum Gasteiger partial charge on any atom is -0.325 e. The van der Waals surface area contributed by atoms with E-state index in [1.54, 1.807) is 16.8 Å². The Bertz CT molecular complexity index is 1130. The summed E-state index contributed by atoms with van der Waals surface area (Å²) in [7, 11) is 0. The molecule has 0 saturated heterocycles. The fourth-order valence-electron chi connectivity index (χ4n) is 2.85. The fraction of sp³-hybridized carbons (Fsp3) is 0.0909. The Hall–Kier alpha value is -3.16. The highest BCUT2D eigenvalue weighted by atomic mass is 35.5. The van der Waals surface area contributed by atoms with Crippen molar-refractivity contribution < 1.29 is 4.79 Å². The molecular weight excluding hydrogens is 418 g/mol. The maximum atomic E-state index is 13.2. The molecule has 0 spiro atoms. The van der Waals surface area contributed by atoms with Gasteiger partial charge in [-0.1, -0.05) is 71.4 Å². The summed E-state index contributed by atoms with van der Waals surface area (Å²) in [6, 6.07) is 24.5. The molecule has 8 heteroatoms. The number of tetrazole rings is 1. The van der Waals surface area contributed by atoms with E-state index in [1.807, 2.05) is 73.7 Å². The van der Waals surface area contributed by atoms with E-state index in [2.05, 4.69) is 20.8 Å². The lowest BCUT2D eigenvalue weighted by Crippen LogP contribution is -2.19. The molecule has 1 unspecified atom stereocenters. The molecule has 4 aromatic rings. The number of nitrogens with zero attached hydrogens (tertiary/aromatic N) is 4. The third-order valence-electron chi connectivity index (χ3n) is 4.39. The number of halogens is 1. The first-order valence-corrected chi connectivity index (χ1v) is 10.5. The van der Waals surface area contributed by atoms with Crippen molar-refractivity contribution in [1.29, 1.82) is 0 Å². The lowest BCUT2D eigenvalue weighted by Gasteiger charge is -2.16. The summed E-state index contributed by atoms with van der Waals surface area (Å²) in [6.07, 6.45) is 0. The van der Waals surface area contributed by atoms with Crippen LogP contribution >= 0.6 is 23.4 Å². The average Bonchev–Trinajstić information content (AvgIpc) is 3.23. The van der Waals surface area contributed by atoms with Crippen LogP contribution in [0.2, 0.25) is 5.02 Å². The highest BCUT2D eigenvalue weighted by Gasteiger charge is 2.25.